The highest BCUT2D eigenvalue weighted by atomic mass is 16.5. The predicted octanol–water partition coefficient (Wildman–Crippen LogP) is -0.218. The van der Waals surface area contributed by atoms with Gasteiger partial charge < -0.3 is 25.2 Å². The fourth-order valence-electron chi connectivity index (χ4n) is 2.99. The second kappa shape index (κ2) is 11.5. The average Bonchev–Trinajstić information content (AvgIpc) is 2.69. The number of hydrogen-bond donors (Lipinski definition) is 3. The maximum absolute atomic E-state index is 12.4. The number of hydrogen-bond acceptors (Lipinski definition) is 6. The Balaban J connectivity index is 1.85. The second-order valence-electron chi connectivity index (χ2n) is 7.03. The number of rotatable bonds is 10. The van der Waals surface area contributed by atoms with Gasteiger partial charge in [-0.2, -0.15) is 0 Å². The molecule has 1 aliphatic rings. The van der Waals surface area contributed by atoms with Crippen LogP contribution in [0.4, 0.5) is 0 Å². The Kier molecular flexibility index (Phi) is 9.04. The van der Waals surface area contributed by atoms with Crippen molar-refractivity contribution in [2.45, 2.75) is 32.0 Å². The zero-order valence-electron chi connectivity index (χ0n) is 16.8. The molecule has 1 aromatic rings. The third-order valence-electron chi connectivity index (χ3n) is 4.63. The summed E-state index contributed by atoms with van der Waals surface area (Å²) in [6.45, 7) is 4.67. The van der Waals surface area contributed by atoms with Crippen LogP contribution in [0.2, 0.25) is 0 Å². The van der Waals surface area contributed by atoms with E-state index in [1.54, 1.807) is 7.11 Å². The summed E-state index contributed by atoms with van der Waals surface area (Å²) in [4.78, 5) is 38.0. The number of ether oxygens (including phenoxy) is 2. The number of amides is 2. The van der Waals surface area contributed by atoms with Crippen LogP contribution >= 0.6 is 0 Å². The third kappa shape index (κ3) is 7.80. The van der Waals surface area contributed by atoms with Crippen molar-refractivity contribution in [3.63, 3.8) is 0 Å². The number of carbonyl (C=O) groups excluding carboxylic acids is 2. The molecule has 0 aliphatic carbocycles. The van der Waals surface area contributed by atoms with Crippen molar-refractivity contribution >= 4 is 17.8 Å². The van der Waals surface area contributed by atoms with Crippen LogP contribution < -0.4 is 10.6 Å². The molecule has 2 amide bonds. The van der Waals surface area contributed by atoms with Crippen LogP contribution in [0, 0.1) is 0 Å². The number of nitrogens with one attached hydrogen (secondary N) is 2. The largest absolute Gasteiger partial charge is 0.480 e. The minimum atomic E-state index is -1.13. The van der Waals surface area contributed by atoms with E-state index in [2.05, 4.69) is 10.6 Å². The number of carboxylic acids is 1. The Bertz CT molecular complexity index is 688. The molecule has 29 heavy (non-hydrogen) atoms. The highest BCUT2D eigenvalue weighted by Gasteiger charge is 2.25. The molecule has 1 saturated heterocycles. The zero-order valence-corrected chi connectivity index (χ0v) is 16.8. The van der Waals surface area contributed by atoms with E-state index < -0.39 is 24.0 Å². The summed E-state index contributed by atoms with van der Waals surface area (Å²) in [5.41, 5.74) is 1.75. The Morgan fingerprint density at radius 2 is 1.76 bits per heavy atom. The Hall–Kier alpha value is -2.49. The number of aliphatic carboxylic acids is 1. The molecule has 1 fully saturated rings. The fraction of sp³-hybridized carbons (Fsp3) is 0.550. The maximum atomic E-state index is 12.4. The van der Waals surface area contributed by atoms with Gasteiger partial charge in [-0.3, -0.25) is 14.5 Å². The van der Waals surface area contributed by atoms with Crippen molar-refractivity contribution in [1.29, 1.82) is 0 Å². The molecule has 0 saturated carbocycles. The summed E-state index contributed by atoms with van der Waals surface area (Å²) in [6.07, 6.45) is 0.142. The summed E-state index contributed by atoms with van der Waals surface area (Å²) < 4.78 is 10.3. The van der Waals surface area contributed by atoms with Crippen molar-refractivity contribution in [1.82, 2.24) is 15.5 Å². The third-order valence-corrected chi connectivity index (χ3v) is 4.63. The lowest BCUT2D eigenvalue weighted by Gasteiger charge is -2.26. The molecule has 1 heterocycles. The average molecular weight is 407 g/mol. The summed E-state index contributed by atoms with van der Waals surface area (Å²) in [5.74, 6) is -1.95. The standard InChI is InChI=1S/C20H29N3O6/c1-14(21-18(24)12-23-7-9-29-10-8-23)19(25)22-17(20(26)27)11-15-3-5-16(6-4-15)13-28-2/h3-6,14,17H,7-13H2,1-2H3,(H,21,24)(H,22,25)(H,26,27)/t14-,17?/m0/s1. The molecule has 0 spiro atoms. The van der Waals surface area contributed by atoms with Gasteiger partial charge in [-0.1, -0.05) is 24.3 Å². The van der Waals surface area contributed by atoms with Crippen molar-refractivity contribution in [2.24, 2.45) is 0 Å². The highest BCUT2D eigenvalue weighted by Crippen LogP contribution is 2.08. The second-order valence-corrected chi connectivity index (χ2v) is 7.03. The van der Waals surface area contributed by atoms with Gasteiger partial charge in [0.1, 0.15) is 12.1 Å². The van der Waals surface area contributed by atoms with Crippen LogP contribution in [0.5, 0.6) is 0 Å². The molecule has 0 radical (unpaired) electrons. The van der Waals surface area contributed by atoms with E-state index in [-0.39, 0.29) is 18.9 Å². The Labute approximate surface area is 170 Å². The van der Waals surface area contributed by atoms with Crippen molar-refractivity contribution < 1.29 is 29.0 Å². The molecule has 1 aromatic carbocycles. The molecule has 1 unspecified atom stereocenters. The van der Waals surface area contributed by atoms with Crippen molar-refractivity contribution in [3.8, 4) is 0 Å². The van der Waals surface area contributed by atoms with Crippen LogP contribution in [0.25, 0.3) is 0 Å². The lowest BCUT2D eigenvalue weighted by molar-refractivity contribution is -0.142. The number of morpholine rings is 1. The molecule has 160 valence electrons. The first kappa shape index (κ1) is 22.8. The van der Waals surface area contributed by atoms with Crippen LogP contribution in [-0.2, 0) is 36.9 Å². The molecule has 1 aliphatic heterocycles. The minimum Gasteiger partial charge on any atom is -0.480 e. The SMILES string of the molecule is COCc1ccc(CC(NC(=O)[C@H](C)NC(=O)CN2CCOCC2)C(=O)O)cc1. The first-order valence-corrected chi connectivity index (χ1v) is 9.58. The first-order chi connectivity index (χ1) is 13.9. The maximum Gasteiger partial charge on any atom is 0.326 e. The lowest BCUT2D eigenvalue weighted by atomic mass is 10.0. The van der Waals surface area contributed by atoms with Crippen LogP contribution in [0.3, 0.4) is 0 Å². The monoisotopic (exact) mass is 407 g/mol. The van der Waals surface area contributed by atoms with Gasteiger partial charge >= 0.3 is 5.97 Å². The quantitative estimate of drug-likeness (QED) is 0.491. The lowest BCUT2D eigenvalue weighted by Crippen LogP contribution is -2.53. The fourth-order valence-corrected chi connectivity index (χ4v) is 2.99. The number of carbonyl (C=O) groups is 3. The van der Waals surface area contributed by atoms with Gasteiger partial charge in [0.15, 0.2) is 0 Å². The van der Waals surface area contributed by atoms with E-state index in [1.807, 2.05) is 29.2 Å². The van der Waals surface area contributed by atoms with Gasteiger partial charge in [-0.25, -0.2) is 4.79 Å². The Morgan fingerprint density at radius 1 is 1.14 bits per heavy atom. The smallest absolute Gasteiger partial charge is 0.326 e. The van der Waals surface area contributed by atoms with Crippen LogP contribution in [0.15, 0.2) is 24.3 Å². The predicted molar refractivity (Wildman–Crippen MR) is 105 cm³/mol. The van der Waals surface area contributed by atoms with Gasteiger partial charge in [0.05, 0.1) is 26.4 Å². The van der Waals surface area contributed by atoms with Crippen LogP contribution in [-0.4, -0.2) is 79.8 Å². The molecule has 2 rings (SSSR count). The van der Waals surface area contributed by atoms with E-state index in [9.17, 15) is 19.5 Å². The summed E-state index contributed by atoms with van der Waals surface area (Å²) in [7, 11) is 1.60. The zero-order chi connectivity index (χ0) is 21.2. The normalized spacial score (nSPS) is 16.6. The first-order valence-electron chi connectivity index (χ1n) is 9.58. The molecular formula is C20H29N3O6. The van der Waals surface area contributed by atoms with Gasteiger partial charge in [0.25, 0.3) is 0 Å². The summed E-state index contributed by atoms with van der Waals surface area (Å²) >= 11 is 0. The van der Waals surface area contributed by atoms with Crippen molar-refractivity contribution in [3.05, 3.63) is 35.4 Å². The minimum absolute atomic E-state index is 0.142. The molecule has 9 heteroatoms. The number of benzene rings is 1. The summed E-state index contributed by atoms with van der Waals surface area (Å²) in [5, 5.41) is 14.6. The molecular weight excluding hydrogens is 378 g/mol. The van der Waals surface area contributed by atoms with E-state index in [0.717, 1.165) is 11.1 Å². The molecule has 3 N–H and O–H groups in total. The van der Waals surface area contributed by atoms with Gasteiger partial charge in [-0.15, -0.1) is 0 Å². The Morgan fingerprint density at radius 3 is 2.34 bits per heavy atom. The number of carboxylic acid groups (broad SMARTS) is 1. The molecule has 2 atom stereocenters. The summed E-state index contributed by atoms with van der Waals surface area (Å²) in [6, 6.07) is 5.40. The van der Waals surface area contributed by atoms with Crippen molar-refractivity contribution in [2.75, 3.05) is 40.0 Å². The van der Waals surface area contributed by atoms with Gasteiger partial charge in [0.2, 0.25) is 11.8 Å². The molecule has 0 aromatic heterocycles. The number of nitrogens with zero attached hydrogens (tertiary/aromatic N) is 1. The van der Waals surface area contributed by atoms with E-state index in [0.29, 0.717) is 32.9 Å². The van der Waals surface area contributed by atoms with Gasteiger partial charge in [0, 0.05) is 26.6 Å². The van der Waals surface area contributed by atoms with E-state index in [1.165, 1.54) is 6.92 Å². The van der Waals surface area contributed by atoms with E-state index in [4.69, 9.17) is 9.47 Å². The highest BCUT2D eigenvalue weighted by molar-refractivity contribution is 5.90. The van der Waals surface area contributed by atoms with Gasteiger partial charge in [-0.05, 0) is 18.1 Å². The topological polar surface area (TPSA) is 117 Å². The number of methoxy groups -OCH3 is 1. The molecule has 0 bridgehead atoms. The molecule has 9 nitrogen and oxygen atoms in total. The van der Waals surface area contributed by atoms with Crippen LogP contribution in [0.1, 0.15) is 18.1 Å². The van der Waals surface area contributed by atoms with E-state index >= 15 is 0 Å².